The Hall–Kier alpha value is -1.92. The number of hydrogen-bond donors (Lipinski definition) is 1. The molecule has 2 N–H and O–H groups in total. The molecule has 0 bridgehead atoms. The van der Waals surface area contributed by atoms with Crippen LogP contribution in [-0.2, 0) is 6.54 Å². The molecule has 104 valence electrons. The lowest BCUT2D eigenvalue weighted by Gasteiger charge is -2.06. The van der Waals surface area contributed by atoms with Crippen molar-refractivity contribution in [3.05, 3.63) is 51.3 Å². The highest BCUT2D eigenvalue weighted by Gasteiger charge is 2.13. The van der Waals surface area contributed by atoms with Gasteiger partial charge in [-0.05, 0) is 28.1 Å². The molecular formula is C15H11BrN4S. The second-order valence-corrected chi connectivity index (χ2v) is 6.71. The first-order valence-electron chi connectivity index (χ1n) is 6.45. The van der Waals surface area contributed by atoms with Crippen molar-refractivity contribution in [1.29, 1.82) is 0 Å². The summed E-state index contributed by atoms with van der Waals surface area (Å²) < 4.78 is 3.15. The number of rotatable bonds is 2. The average molecular weight is 359 g/mol. The van der Waals surface area contributed by atoms with Gasteiger partial charge in [-0.3, -0.25) is 4.98 Å². The van der Waals surface area contributed by atoms with E-state index in [0.717, 1.165) is 26.4 Å². The average Bonchev–Trinajstić information content (AvgIpc) is 3.03. The number of anilines is 1. The first-order valence-corrected chi connectivity index (χ1v) is 8.12. The molecule has 0 atom stereocenters. The van der Waals surface area contributed by atoms with Crippen molar-refractivity contribution in [3.63, 3.8) is 0 Å². The number of halogens is 1. The maximum atomic E-state index is 6.12. The predicted octanol–water partition coefficient (Wildman–Crippen LogP) is 4.04. The van der Waals surface area contributed by atoms with Gasteiger partial charge in [0.1, 0.15) is 5.52 Å². The van der Waals surface area contributed by atoms with Crippen molar-refractivity contribution in [2.75, 3.05) is 5.73 Å². The van der Waals surface area contributed by atoms with Crippen molar-refractivity contribution >= 4 is 55.2 Å². The van der Waals surface area contributed by atoms with Crippen LogP contribution in [-0.4, -0.2) is 14.5 Å². The highest BCUT2D eigenvalue weighted by molar-refractivity contribution is 9.10. The molecule has 21 heavy (non-hydrogen) atoms. The predicted molar refractivity (Wildman–Crippen MR) is 90.6 cm³/mol. The molecule has 0 spiro atoms. The fraction of sp³-hybridized carbons (Fsp3) is 0.0667. The van der Waals surface area contributed by atoms with E-state index in [2.05, 4.69) is 48.0 Å². The summed E-state index contributed by atoms with van der Waals surface area (Å²) in [7, 11) is 0. The van der Waals surface area contributed by atoms with Gasteiger partial charge in [0.2, 0.25) is 5.95 Å². The zero-order chi connectivity index (χ0) is 14.4. The van der Waals surface area contributed by atoms with E-state index in [9.17, 15) is 0 Å². The summed E-state index contributed by atoms with van der Waals surface area (Å²) in [6.45, 7) is 0.715. The highest BCUT2D eigenvalue weighted by atomic mass is 79.9. The lowest BCUT2D eigenvalue weighted by molar-refractivity contribution is 0.855. The molecule has 0 fully saturated rings. The summed E-state index contributed by atoms with van der Waals surface area (Å²) in [6, 6.07) is 10.2. The molecule has 3 heterocycles. The maximum absolute atomic E-state index is 6.12. The number of para-hydroxylation sites is 1. The molecule has 0 unspecified atom stereocenters. The van der Waals surface area contributed by atoms with Gasteiger partial charge in [0.15, 0.2) is 0 Å². The minimum Gasteiger partial charge on any atom is -0.369 e. The number of imidazole rings is 1. The quantitative estimate of drug-likeness (QED) is 0.588. The molecule has 0 aliphatic rings. The summed E-state index contributed by atoms with van der Waals surface area (Å²) in [6.07, 6.45) is 1.79. The Morgan fingerprint density at radius 1 is 1.24 bits per heavy atom. The van der Waals surface area contributed by atoms with Crippen molar-refractivity contribution in [1.82, 2.24) is 14.5 Å². The van der Waals surface area contributed by atoms with Gasteiger partial charge >= 0.3 is 0 Å². The second-order valence-electron chi connectivity index (χ2n) is 4.80. The Morgan fingerprint density at radius 3 is 2.90 bits per heavy atom. The minimum atomic E-state index is 0.521. The fourth-order valence-electron chi connectivity index (χ4n) is 2.53. The molecule has 3 aromatic heterocycles. The van der Waals surface area contributed by atoms with Crippen molar-refractivity contribution in [3.8, 4) is 0 Å². The van der Waals surface area contributed by atoms with E-state index in [0.29, 0.717) is 12.5 Å². The van der Waals surface area contributed by atoms with Crippen LogP contribution in [0.5, 0.6) is 0 Å². The molecule has 0 saturated heterocycles. The molecule has 0 saturated carbocycles. The van der Waals surface area contributed by atoms with Crippen LogP contribution in [0.15, 0.2) is 46.4 Å². The molecule has 0 aliphatic heterocycles. The Bertz CT molecular complexity index is 957. The molecule has 4 nitrogen and oxygen atoms in total. The number of thiophene rings is 1. The van der Waals surface area contributed by atoms with Gasteiger partial charge in [-0.25, -0.2) is 4.98 Å². The SMILES string of the molecule is Nc1nc2cnc3ccccc3c2n1Cc1cc(Br)cs1. The van der Waals surface area contributed by atoms with E-state index in [1.165, 1.54) is 4.88 Å². The summed E-state index contributed by atoms with van der Waals surface area (Å²) >= 11 is 5.19. The zero-order valence-corrected chi connectivity index (χ0v) is 13.4. The number of fused-ring (bicyclic) bond motifs is 3. The zero-order valence-electron chi connectivity index (χ0n) is 11.0. The Balaban J connectivity index is 1.98. The van der Waals surface area contributed by atoms with Crippen LogP contribution in [0, 0.1) is 0 Å². The third-order valence-corrected chi connectivity index (χ3v) is 5.13. The topological polar surface area (TPSA) is 56.7 Å². The molecule has 0 aliphatic carbocycles. The standard InChI is InChI=1S/C15H11BrN4S/c16-9-5-10(21-8-9)7-20-14-11-3-1-2-4-12(11)18-6-13(14)19-15(20)17/h1-6,8H,7H2,(H2,17,19). The van der Waals surface area contributed by atoms with E-state index in [1.54, 1.807) is 17.5 Å². The normalized spacial score (nSPS) is 11.5. The van der Waals surface area contributed by atoms with Gasteiger partial charge in [-0.2, -0.15) is 0 Å². The van der Waals surface area contributed by atoms with Crippen LogP contribution in [0.4, 0.5) is 5.95 Å². The Kier molecular flexibility index (Phi) is 2.94. The van der Waals surface area contributed by atoms with Gasteiger partial charge in [-0.15, -0.1) is 11.3 Å². The van der Waals surface area contributed by atoms with Crippen molar-refractivity contribution < 1.29 is 0 Å². The third-order valence-electron chi connectivity index (χ3n) is 3.44. The molecule has 6 heteroatoms. The molecule has 4 aromatic rings. The number of aromatic nitrogens is 3. The van der Waals surface area contributed by atoms with Crippen LogP contribution >= 0.6 is 27.3 Å². The molecule has 4 rings (SSSR count). The van der Waals surface area contributed by atoms with Crippen LogP contribution in [0.25, 0.3) is 21.9 Å². The van der Waals surface area contributed by atoms with Crippen molar-refractivity contribution in [2.45, 2.75) is 6.54 Å². The number of pyridine rings is 1. The molecule has 1 aromatic carbocycles. The van der Waals surface area contributed by atoms with E-state index in [1.807, 2.05) is 18.2 Å². The van der Waals surface area contributed by atoms with Crippen LogP contribution in [0.3, 0.4) is 0 Å². The lowest BCUT2D eigenvalue weighted by atomic mass is 10.2. The molecular weight excluding hydrogens is 348 g/mol. The smallest absolute Gasteiger partial charge is 0.201 e. The van der Waals surface area contributed by atoms with E-state index < -0.39 is 0 Å². The van der Waals surface area contributed by atoms with Gasteiger partial charge in [0, 0.05) is 20.1 Å². The van der Waals surface area contributed by atoms with E-state index >= 15 is 0 Å². The van der Waals surface area contributed by atoms with Gasteiger partial charge < -0.3 is 10.3 Å². The monoisotopic (exact) mass is 358 g/mol. The Labute approximate surface area is 133 Å². The largest absolute Gasteiger partial charge is 0.369 e. The summed E-state index contributed by atoms with van der Waals surface area (Å²) in [5.74, 6) is 0.521. The number of nitrogen functional groups attached to an aromatic ring is 1. The van der Waals surface area contributed by atoms with Gasteiger partial charge in [0.05, 0.1) is 23.8 Å². The maximum Gasteiger partial charge on any atom is 0.201 e. The highest BCUT2D eigenvalue weighted by Crippen LogP contribution is 2.28. The summed E-state index contributed by atoms with van der Waals surface area (Å²) in [4.78, 5) is 10.1. The number of nitrogens with zero attached hydrogens (tertiary/aromatic N) is 3. The van der Waals surface area contributed by atoms with Gasteiger partial charge in [0.25, 0.3) is 0 Å². The van der Waals surface area contributed by atoms with Crippen molar-refractivity contribution in [2.24, 2.45) is 0 Å². The third kappa shape index (κ3) is 2.11. The number of benzene rings is 1. The van der Waals surface area contributed by atoms with E-state index in [4.69, 9.17) is 5.73 Å². The number of nitrogens with two attached hydrogens (primary N) is 1. The first kappa shape index (κ1) is 12.8. The lowest BCUT2D eigenvalue weighted by Crippen LogP contribution is -2.03. The van der Waals surface area contributed by atoms with E-state index in [-0.39, 0.29) is 0 Å². The number of hydrogen-bond acceptors (Lipinski definition) is 4. The summed E-state index contributed by atoms with van der Waals surface area (Å²) in [5.41, 5.74) is 8.95. The van der Waals surface area contributed by atoms with Crippen LogP contribution in [0.1, 0.15) is 4.88 Å². The van der Waals surface area contributed by atoms with Gasteiger partial charge in [-0.1, -0.05) is 18.2 Å². The molecule has 0 radical (unpaired) electrons. The van der Waals surface area contributed by atoms with Crippen LogP contribution in [0.2, 0.25) is 0 Å². The Morgan fingerprint density at radius 2 is 2.10 bits per heavy atom. The minimum absolute atomic E-state index is 0.521. The second kappa shape index (κ2) is 4.82. The van der Waals surface area contributed by atoms with Crippen LogP contribution < -0.4 is 5.73 Å². The first-order chi connectivity index (χ1) is 10.2. The summed E-state index contributed by atoms with van der Waals surface area (Å²) in [5, 5.41) is 3.15. The molecule has 0 amide bonds. The fourth-order valence-corrected chi connectivity index (χ4v) is 3.97.